The van der Waals surface area contributed by atoms with E-state index >= 15 is 0 Å². The second-order valence-electron chi connectivity index (χ2n) is 6.36. The molecule has 0 aliphatic carbocycles. The van der Waals surface area contributed by atoms with E-state index in [4.69, 9.17) is 4.74 Å². The molecule has 1 aromatic carbocycles. The number of aryl methyl sites for hydroxylation is 1. The van der Waals surface area contributed by atoms with Crippen LogP contribution in [0.1, 0.15) is 35.7 Å². The van der Waals surface area contributed by atoms with Crippen molar-refractivity contribution in [2.75, 3.05) is 25.0 Å². The molecule has 0 bridgehead atoms. The number of carbonyl (C=O) groups excluding carboxylic acids is 1. The number of ether oxygens (including phenoxy) is 1. The van der Waals surface area contributed by atoms with Crippen LogP contribution in [-0.4, -0.2) is 41.5 Å². The minimum atomic E-state index is 0.0520. The van der Waals surface area contributed by atoms with Crippen LogP contribution < -0.4 is 10.1 Å². The van der Waals surface area contributed by atoms with Crippen molar-refractivity contribution in [1.29, 1.82) is 0 Å². The van der Waals surface area contributed by atoms with Crippen molar-refractivity contribution in [3.8, 4) is 5.75 Å². The summed E-state index contributed by atoms with van der Waals surface area (Å²) in [6.45, 7) is 6.02. The number of para-hydroxylation sites is 1. The zero-order valence-corrected chi connectivity index (χ0v) is 14.9. The van der Waals surface area contributed by atoms with E-state index in [0.717, 1.165) is 31.7 Å². The van der Waals surface area contributed by atoms with Gasteiger partial charge in [0.1, 0.15) is 11.6 Å². The Labute approximate surface area is 149 Å². The van der Waals surface area contributed by atoms with Crippen LogP contribution in [0.3, 0.4) is 0 Å². The predicted octanol–water partition coefficient (Wildman–Crippen LogP) is 3.51. The fraction of sp³-hybridized carbons (Fsp3) is 0.400. The largest absolute Gasteiger partial charge is 0.493 e. The van der Waals surface area contributed by atoms with Crippen molar-refractivity contribution in [1.82, 2.24) is 9.88 Å². The average molecular weight is 339 g/mol. The minimum absolute atomic E-state index is 0.0520. The number of aromatic nitrogens is 1. The van der Waals surface area contributed by atoms with E-state index < -0.39 is 0 Å². The highest BCUT2D eigenvalue weighted by Gasteiger charge is 2.25. The van der Waals surface area contributed by atoms with Crippen LogP contribution in [0.2, 0.25) is 0 Å². The summed E-state index contributed by atoms with van der Waals surface area (Å²) in [7, 11) is 0. The molecule has 25 heavy (non-hydrogen) atoms. The molecule has 0 spiro atoms. The van der Waals surface area contributed by atoms with Gasteiger partial charge in [-0.05, 0) is 56.5 Å². The third-order valence-corrected chi connectivity index (χ3v) is 4.47. The molecule has 1 fully saturated rings. The number of rotatable bonds is 5. The Morgan fingerprint density at radius 1 is 1.28 bits per heavy atom. The first kappa shape index (κ1) is 17.3. The second kappa shape index (κ2) is 8.01. The Kier molecular flexibility index (Phi) is 5.53. The van der Waals surface area contributed by atoms with E-state index in [1.165, 1.54) is 5.56 Å². The summed E-state index contributed by atoms with van der Waals surface area (Å²) in [6, 6.07) is 11.9. The third kappa shape index (κ3) is 4.29. The first-order chi connectivity index (χ1) is 12.2. The molecule has 3 rings (SSSR count). The number of hydrogen-bond acceptors (Lipinski definition) is 4. The Morgan fingerprint density at radius 3 is 2.76 bits per heavy atom. The highest BCUT2D eigenvalue weighted by molar-refractivity contribution is 5.97. The van der Waals surface area contributed by atoms with Crippen LogP contribution in [0.5, 0.6) is 5.75 Å². The Bertz CT molecular complexity index is 724. The lowest BCUT2D eigenvalue weighted by molar-refractivity contribution is 0.0714. The maximum Gasteiger partial charge on any atom is 0.257 e. The number of piperidine rings is 1. The van der Waals surface area contributed by atoms with E-state index in [9.17, 15) is 4.79 Å². The predicted molar refractivity (Wildman–Crippen MR) is 99.1 cm³/mol. The lowest BCUT2D eigenvalue weighted by atomic mass is 10.0. The number of amides is 1. The normalized spacial score (nSPS) is 15.0. The van der Waals surface area contributed by atoms with Gasteiger partial charge in [-0.15, -0.1) is 0 Å². The summed E-state index contributed by atoms with van der Waals surface area (Å²) < 4.78 is 5.59. The van der Waals surface area contributed by atoms with Crippen molar-refractivity contribution >= 4 is 11.7 Å². The molecule has 2 heterocycles. The molecule has 132 valence electrons. The van der Waals surface area contributed by atoms with Crippen molar-refractivity contribution in [3.63, 3.8) is 0 Å². The molecule has 2 aromatic rings. The molecular formula is C20H25N3O2. The smallest absolute Gasteiger partial charge is 0.257 e. The fourth-order valence-corrected chi connectivity index (χ4v) is 3.15. The van der Waals surface area contributed by atoms with Gasteiger partial charge in [0.25, 0.3) is 5.91 Å². The maximum absolute atomic E-state index is 12.8. The summed E-state index contributed by atoms with van der Waals surface area (Å²) in [5.41, 5.74) is 1.84. The third-order valence-electron chi connectivity index (χ3n) is 4.47. The van der Waals surface area contributed by atoms with Gasteiger partial charge < -0.3 is 15.0 Å². The van der Waals surface area contributed by atoms with Gasteiger partial charge >= 0.3 is 0 Å². The molecule has 1 amide bonds. The number of nitrogens with one attached hydrogen (secondary N) is 1. The van der Waals surface area contributed by atoms with Crippen molar-refractivity contribution in [2.24, 2.45) is 0 Å². The maximum atomic E-state index is 12.8. The van der Waals surface area contributed by atoms with Gasteiger partial charge in [0.2, 0.25) is 0 Å². The standard InChI is InChI=1S/C20H25N3O2/c1-3-25-18-7-5-4-6-17(18)20(24)23-12-9-16(10-13-23)22-19-14-15(2)8-11-21-19/h4-8,11,14,16H,3,9-10,12-13H2,1-2H3,(H,21,22). The van der Waals surface area contributed by atoms with Crippen LogP contribution in [-0.2, 0) is 0 Å². The van der Waals surface area contributed by atoms with Crippen molar-refractivity contribution < 1.29 is 9.53 Å². The molecule has 0 atom stereocenters. The number of likely N-dealkylation sites (tertiary alicyclic amines) is 1. The van der Waals surface area contributed by atoms with E-state index in [1.807, 2.05) is 48.4 Å². The molecule has 1 aliphatic heterocycles. The zero-order valence-electron chi connectivity index (χ0n) is 14.9. The Hall–Kier alpha value is -2.56. The van der Waals surface area contributed by atoms with E-state index in [1.54, 1.807) is 0 Å². The summed E-state index contributed by atoms with van der Waals surface area (Å²) in [6.07, 6.45) is 3.65. The first-order valence-electron chi connectivity index (χ1n) is 8.87. The van der Waals surface area contributed by atoms with Gasteiger partial charge in [0.05, 0.1) is 12.2 Å². The van der Waals surface area contributed by atoms with Crippen LogP contribution in [0, 0.1) is 6.92 Å². The van der Waals surface area contributed by atoms with Crippen molar-refractivity contribution in [2.45, 2.75) is 32.7 Å². The molecule has 0 unspecified atom stereocenters. The van der Waals surface area contributed by atoms with Crippen LogP contribution in [0.25, 0.3) is 0 Å². The number of pyridine rings is 1. The first-order valence-corrected chi connectivity index (χ1v) is 8.87. The number of benzene rings is 1. The van der Waals surface area contributed by atoms with Gasteiger partial charge in [-0.3, -0.25) is 4.79 Å². The molecule has 1 N–H and O–H groups in total. The van der Waals surface area contributed by atoms with Crippen LogP contribution in [0.4, 0.5) is 5.82 Å². The lowest BCUT2D eigenvalue weighted by Crippen LogP contribution is -2.42. The van der Waals surface area contributed by atoms with E-state index in [-0.39, 0.29) is 5.91 Å². The van der Waals surface area contributed by atoms with Gasteiger partial charge in [-0.25, -0.2) is 4.98 Å². The van der Waals surface area contributed by atoms with E-state index in [2.05, 4.69) is 23.3 Å². The molecule has 1 aliphatic rings. The minimum Gasteiger partial charge on any atom is -0.493 e. The molecule has 5 heteroatoms. The zero-order chi connectivity index (χ0) is 17.6. The molecule has 1 aromatic heterocycles. The summed E-state index contributed by atoms with van der Waals surface area (Å²) in [5, 5.41) is 3.48. The van der Waals surface area contributed by atoms with Gasteiger partial charge in [0, 0.05) is 25.3 Å². The van der Waals surface area contributed by atoms with Crippen LogP contribution in [0.15, 0.2) is 42.6 Å². The van der Waals surface area contributed by atoms with Crippen molar-refractivity contribution in [3.05, 3.63) is 53.7 Å². The lowest BCUT2D eigenvalue weighted by Gasteiger charge is -2.33. The summed E-state index contributed by atoms with van der Waals surface area (Å²) in [4.78, 5) is 19.1. The number of nitrogens with zero attached hydrogens (tertiary/aromatic N) is 2. The number of hydrogen-bond donors (Lipinski definition) is 1. The quantitative estimate of drug-likeness (QED) is 0.906. The Balaban J connectivity index is 1.59. The summed E-state index contributed by atoms with van der Waals surface area (Å²) >= 11 is 0. The molecular weight excluding hydrogens is 314 g/mol. The number of anilines is 1. The molecule has 5 nitrogen and oxygen atoms in total. The molecule has 0 radical (unpaired) electrons. The van der Waals surface area contributed by atoms with Gasteiger partial charge in [0.15, 0.2) is 0 Å². The fourth-order valence-electron chi connectivity index (χ4n) is 3.15. The second-order valence-corrected chi connectivity index (χ2v) is 6.36. The molecule has 1 saturated heterocycles. The topological polar surface area (TPSA) is 54.5 Å². The average Bonchev–Trinajstić information content (AvgIpc) is 2.63. The van der Waals surface area contributed by atoms with Gasteiger partial charge in [-0.2, -0.15) is 0 Å². The van der Waals surface area contributed by atoms with Gasteiger partial charge in [-0.1, -0.05) is 12.1 Å². The van der Waals surface area contributed by atoms with Crippen LogP contribution >= 0.6 is 0 Å². The Morgan fingerprint density at radius 2 is 2.04 bits per heavy atom. The monoisotopic (exact) mass is 339 g/mol. The highest BCUT2D eigenvalue weighted by atomic mass is 16.5. The highest BCUT2D eigenvalue weighted by Crippen LogP contribution is 2.23. The SMILES string of the molecule is CCOc1ccccc1C(=O)N1CCC(Nc2cc(C)ccn2)CC1. The molecule has 0 saturated carbocycles. The van der Waals surface area contributed by atoms with E-state index in [0.29, 0.717) is 24.0 Å². The summed E-state index contributed by atoms with van der Waals surface area (Å²) in [5.74, 6) is 1.63. The number of carbonyl (C=O) groups is 1.